The van der Waals surface area contributed by atoms with Gasteiger partial charge in [-0.1, -0.05) is 99.2 Å². The van der Waals surface area contributed by atoms with Gasteiger partial charge in [0.05, 0.1) is 23.7 Å². The molecule has 2 N–H and O–H groups in total. The van der Waals surface area contributed by atoms with E-state index >= 15 is 4.79 Å². The maximum absolute atomic E-state index is 15.8. The van der Waals surface area contributed by atoms with Gasteiger partial charge in [-0.2, -0.15) is 0 Å². The van der Waals surface area contributed by atoms with Gasteiger partial charge in [-0.3, -0.25) is 14.4 Å². The third-order valence-corrected chi connectivity index (χ3v) is 19.0. The molecule has 6 atom stereocenters. The maximum Gasteiger partial charge on any atom is 0.313 e. The fourth-order valence-electron chi connectivity index (χ4n) is 15.2. The molecular weight excluding hydrogens is 783 g/mol. The van der Waals surface area contributed by atoms with Crippen molar-refractivity contribution >= 4 is 17.7 Å². The molecule has 0 spiro atoms. The summed E-state index contributed by atoms with van der Waals surface area (Å²) in [5, 5.41) is 24.9. The molecule has 334 valence electrons. The molecule has 12 rings (SSSR count). The van der Waals surface area contributed by atoms with Crippen molar-refractivity contribution in [1.82, 2.24) is 4.90 Å². The number of fused-ring (bicyclic) bond motifs is 10. The Balaban J connectivity index is 1.05. The summed E-state index contributed by atoms with van der Waals surface area (Å²) in [4.78, 5) is 46.4. The minimum Gasteiger partial charge on any atom is -0.448 e. The number of carbonyl (C=O) groups is 3. The highest BCUT2D eigenvalue weighted by Gasteiger charge is 2.76. The van der Waals surface area contributed by atoms with E-state index in [1.165, 1.54) is 24.8 Å². The number of nitrogens with zero attached hydrogens (tertiary/aromatic N) is 1. The number of aliphatic hydroxyl groups excluding tert-OH is 1. The van der Waals surface area contributed by atoms with Gasteiger partial charge in [-0.15, -0.1) is 0 Å². The lowest BCUT2D eigenvalue weighted by Crippen LogP contribution is -2.63. The monoisotopic (exact) mass is 852 g/mol. The Morgan fingerprint density at radius 2 is 1.46 bits per heavy atom. The molecule has 8 bridgehead atoms. The van der Waals surface area contributed by atoms with E-state index in [1.807, 2.05) is 60.4 Å². The van der Waals surface area contributed by atoms with E-state index in [-0.39, 0.29) is 35.5 Å². The SMILES string of the molecule is CC1=CCCC2(C)C(CCC2(O)CN(CC23CC4CC(CC(C4)C2)C3)C(=O)C23CCC(C)(C(=O)O2)C3(C)C)c2ccc(cc2C(=O)c2ccc(-c3ccccc3)cc2)CC(O)CC1. The second kappa shape index (κ2) is 15.3. The van der Waals surface area contributed by atoms with Gasteiger partial charge in [-0.25, -0.2) is 0 Å². The van der Waals surface area contributed by atoms with Crippen LogP contribution < -0.4 is 0 Å². The molecule has 3 aromatic carbocycles. The van der Waals surface area contributed by atoms with Crippen LogP contribution in [-0.4, -0.2) is 63.2 Å². The number of ether oxygens (including phenoxy) is 1. The topological polar surface area (TPSA) is 104 Å². The molecule has 6 saturated carbocycles. The number of benzene rings is 3. The molecule has 1 saturated heterocycles. The molecule has 1 amide bonds. The number of hydrogen-bond donors (Lipinski definition) is 2. The summed E-state index contributed by atoms with van der Waals surface area (Å²) >= 11 is 0. The second-order valence-corrected chi connectivity index (χ2v) is 23.0. The molecule has 0 radical (unpaired) electrons. The number of amides is 1. The molecule has 0 aromatic heterocycles. The molecule has 63 heavy (non-hydrogen) atoms. The molecule has 3 aromatic rings. The number of hydrogen-bond acceptors (Lipinski definition) is 6. The number of allylic oxidation sites excluding steroid dienone is 2. The average molecular weight is 852 g/mol. The molecular formula is C56H69NO6. The third-order valence-electron chi connectivity index (χ3n) is 19.0. The van der Waals surface area contributed by atoms with E-state index in [0.29, 0.717) is 80.4 Å². The molecule has 1 aliphatic heterocycles. The Kier molecular flexibility index (Phi) is 10.4. The van der Waals surface area contributed by atoms with E-state index in [1.54, 1.807) is 0 Å². The van der Waals surface area contributed by atoms with Gasteiger partial charge in [0, 0.05) is 28.5 Å². The van der Waals surface area contributed by atoms with Crippen molar-refractivity contribution in [2.45, 2.75) is 154 Å². The fourth-order valence-corrected chi connectivity index (χ4v) is 15.2. The fraction of sp³-hybridized carbons (Fsp3) is 0.589. The van der Waals surface area contributed by atoms with E-state index in [4.69, 9.17) is 4.74 Å². The Morgan fingerprint density at radius 3 is 2.10 bits per heavy atom. The molecule has 7 fully saturated rings. The molecule has 7 heteroatoms. The van der Waals surface area contributed by atoms with Crippen LogP contribution >= 0.6 is 0 Å². The van der Waals surface area contributed by atoms with Crippen LogP contribution in [0.25, 0.3) is 11.1 Å². The second-order valence-electron chi connectivity index (χ2n) is 23.0. The van der Waals surface area contributed by atoms with Gasteiger partial charge in [0.2, 0.25) is 0 Å². The van der Waals surface area contributed by atoms with Gasteiger partial charge in [-0.05, 0) is 168 Å². The van der Waals surface area contributed by atoms with Crippen LogP contribution in [0.3, 0.4) is 0 Å². The quantitative estimate of drug-likeness (QED) is 0.133. The molecule has 7 nitrogen and oxygen atoms in total. The zero-order chi connectivity index (χ0) is 44.2. The van der Waals surface area contributed by atoms with Crippen LogP contribution in [0.2, 0.25) is 0 Å². The van der Waals surface area contributed by atoms with Gasteiger partial charge < -0.3 is 19.8 Å². The molecule has 6 unspecified atom stereocenters. The lowest BCUT2D eigenvalue weighted by atomic mass is 9.49. The minimum atomic E-state index is -1.29. The predicted octanol–water partition coefficient (Wildman–Crippen LogP) is 10.8. The zero-order valence-corrected chi connectivity index (χ0v) is 38.4. The standard InChI is InChI=1S/C56H69NO6/c1-36-10-9-22-52(4)47(45-20-14-37(29-44(58)19-13-36)30-46(45)48(59)43-17-15-42(16-18-43)41-11-7-6-8-12-41)21-23-55(52,62)35-57(34-54-31-38-26-39(32-54)28-40(27-38)33-54)49(60)56-25-24-53(5,50(61)63-56)51(56,2)3/h6-8,10-12,14-18,20,30,38-40,44,47,58,62H,9,13,19,21-29,31-35H2,1-5H3. The predicted molar refractivity (Wildman–Crippen MR) is 246 cm³/mol. The minimum absolute atomic E-state index is 0.00410. The first-order valence-electron chi connectivity index (χ1n) is 24.4. The van der Waals surface area contributed by atoms with Crippen molar-refractivity contribution in [2.24, 2.45) is 39.4 Å². The summed E-state index contributed by atoms with van der Waals surface area (Å²) in [5.41, 5.74) is 1.74. The first kappa shape index (κ1) is 42.9. The van der Waals surface area contributed by atoms with Crippen molar-refractivity contribution in [1.29, 1.82) is 0 Å². The zero-order valence-electron chi connectivity index (χ0n) is 38.4. The summed E-state index contributed by atoms with van der Waals surface area (Å²) in [7, 11) is 0. The van der Waals surface area contributed by atoms with Gasteiger partial charge >= 0.3 is 5.97 Å². The van der Waals surface area contributed by atoms with Gasteiger partial charge in [0.15, 0.2) is 11.4 Å². The molecule has 1 heterocycles. The van der Waals surface area contributed by atoms with Gasteiger partial charge in [0.1, 0.15) is 0 Å². The van der Waals surface area contributed by atoms with Crippen molar-refractivity contribution < 1.29 is 29.3 Å². The van der Waals surface area contributed by atoms with E-state index in [2.05, 4.69) is 58.0 Å². The van der Waals surface area contributed by atoms with Gasteiger partial charge in [0.25, 0.3) is 5.91 Å². The van der Waals surface area contributed by atoms with Crippen LogP contribution in [0.4, 0.5) is 0 Å². The van der Waals surface area contributed by atoms with Crippen LogP contribution in [0, 0.1) is 39.4 Å². The van der Waals surface area contributed by atoms with Crippen molar-refractivity contribution in [3.8, 4) is 11.1 Å². The van der Waals surface area contributed by atoms with Crippen molar-refractivity contribution in [3.05, 3.63) is 107 Å². The van der Waals surface area contributed by atoms with Crippen molar-refractivity contribution in [3.63, 3.8) is 0 Å². The Labute approximate surface area is 375 Å². The lowest BCUT2D eigenvalue weighted by molar-refractivity contribution is -0.181. The first-order chi connectivity index (χ1) is 30.0. The van der Waals surface area contributed by atoms with Crippen LogP contribution in [0.5, 0.6) is 0 Å². The van der Waals surface area contributed by atoms with Crippen LogP contribution in [0.1, 0.15) is 157 Å². The average Bonchev–Trinajstić information content (AvgIpc) is 3.69. The molecule has 9 aliphatic rings. The smallest absolute Gasteiger partial charge is 0.313 e. The highest BCUT2D eigenvalue weighted by atomic mass is 16.6. The Morgan fingerprint density at radius 1 is 0.794 bits per heavy atom. The summed E-state index contributed by atoms with van der Waals surface area (Å²) < 4.78 is 6.35. The highest BCUT2D eigenvalue weighted by Crippen LogP contribution is 2.67. The summed E-state index contributed by atoms with van der Waals surface area (Å²) in [6.45, 7) is 11.2. The third kappa shape index (κ3) is 6.83. The number of rotatable bonds is 8. The summed E-state index contributed by atoms with van der Waals surface area (Å²) in [6.07, 6.45) is 14.5. The number of esters is 1. The summed E-state index contributed by atoms with van der Waals surface area (Å²) in [6, 6.07) is 24.2. The Bertz CT molecular complexity index is 2290. The van der Waals surface area contributed by atoms with Crippen molar-refractivity contribution in [2.75, 3.05) is 13.1 Å². The number of aliphatic hydroxyl groups is 2. The van der Waals surface area contributed by atoms with Crippen LogP contribution in [0.15, 0.2) is 84.4 Å². The van der Waals surface area contributed by atoms with E-state index in [0.717, 1.165) is 54.4 Å². The van der Waals surface area contributed by atoms with E-state index < -0.39 is 33.6 Å². The van der Waals surface area contributed by atoms with E-state index in [9.17, 15) is 19.8 Å². The van der Waals surface area contributed by atoms with Crippen LogP contribution in [-0.2, 0) is 20.7 Å². The summed E-state index contributed by atoms with van der Waals surface area (Å²) in [5.74, 6) is 1.46. The first-order valence-corrected chi connectivity index (χ1v) is 24.4. The molecule has 8 aliphatic carbocycles. The number of carbonyl (C=O) groups excluding carboxylic acids is 3. The highest BCUT2D eigenvalue weighted by molar-refractivity contribution is 6.10. The number of ketones is 1. The Hall–Kier alpha value is -4.07. The maximum atomic E-state index is 15.8. The normalized spacial score (nSPS) is 37.6. The lowest BCUT2D eigenvalue weighted by Gasteiger charge is -2.58. The largest absolute Gasteiger partial charge is 0.448 e.